The van der Waals surface area contributed by atoms with Gasteiger partial charge in [0.25, 0.3) is 0 Å². The van der Waals surface area contributed by atoms with E-state index < -0.39 is 29.7 Å². The number of ether oxygens (including phenoxy) is 1. The molecule has 2 N–H and O–H groups in total. The van der Waals surface area contributed by atoms with Crippen LogP contribution in [0.1, 0.15) is 22.6 Å². The first-order valence-electron chi connectivity index (χ1n) is 9.72. The monoisotopic (exact) mass is 423 g/mol. The summed E-state index contributed by atoms with van der Waals surface area (Å²) in [6.07, 6.45) is -1.26. The Morgan fingerprint density at radius 3 is 2.16 bits per heavy atom. The van der Waals surface area contributed by atoms with Gasteiger partial charge in [0.1, 0.15) is 24.3 Å². The van der Waals surface area contributed by atoms with E-state index in [9.17, 15) is 23.5 Å². The average Bonchev–Trinajstić information content (AvgIpc) is 3.07. The molecule has 3 aromatic rings. The molecule has 0 unspecified atom stereocenters. The molecule has 0 aromatic heterocycles. The van der Waals surface area contributed by atoms with E-state index in [4.69, 9.17) is 4.74 Å². The molecular weight excluding hydrogens is 404 g/mol. The van der Waals surface area contributed by atoms with Crippen molar-refractivity contribution in [2.24, 2.45) is 0 Å². The van der Waals surface area contributed by atoms with Gasteiger partial charge in [-0.15, -0.1) is 0 Å². The van der Waals surface area contributed by atoms with Gasteiger partial charge in [0.2, 0.25) is 0 Å². The highest BCUT2D eigenvalue weighted by Crippen LogP contribution is 2.44. The minimum absolute atomic E-state index is 0.0206. The van der Waals surface area contributed by atoms with Crippen LogP contribution in [0.3, 0.4) is 0 Å². The zero-order valence-electron chi connectivity index (χ0n) is 16.3. The zero-order chi connectivity index (χ0) is 22.0. The third kappa shape index (κ3) is 4.26. The Balaban J connectivity index is 1.44. The summed E-state index contributed by atoms with van der Waals surface area (Å²) in [5, 5.41) is 11.7. The lowest BCUT2D eigenvalue weighted by Crippen LogP contribution is -2.43. The van der Waals surface area contributed by atoms with Gasteiger partial charge < -0.3 is 15.2 Å². The van der Waals surface area contributed by atoms with Gasteiger partial charge in [0.15, 0.2) is 0 Å². The number of carboxylic acid groups (broad SMARTS) is 1. The second-order valence-electron chi connectivity index (χ2n) is 7.30. The maximum Gasteiger partial charge on any atom is 0.407 e. The molecule has 0 bridgehead atoms. The third-order valence-corrected chi connectivity index (χ3v) is 5.37. The number of benzene rings is 3. The number of carboxylic acids is 1. The summed E-state index contributed by atoms with van der Waals surface area (Å²) < 4.78 is 32.3. The highest BCUT2D eigenvalue weighted by Gasteiger charge is 2.30. The van der Waals surface area contributed by atoms with Crippen LogP contribution in [0.15, 0.2) is 66.7 Å². The minimum atomic E-state index is -1.42. The molecule has 1 amide bonds. The third-order valence-electron chi connectivity index (χ3n) is 5.37. The summed E-state index contributed by atoms with van der Waals surface area (Å²) in [6, 6.07) is 17.1. The van der Waals surface area contributed by atoms with Crippen molar-refractivity contribution in [2.45, 2.75) is 18.4 Å². The number of rotatable bonds is 6. The lowest BCUT2D eigenvalue weighted by molar-refractivity contribution is -0.139. The van der Waals surface area contributed by atoms with Crippen LogP contribution in [0.5, 0.6) is 0 Å². The normalized spacial score (nSPS) is 13.2. The minimum Gasteiger partial charge on any atom is -0.480 e. The van der Waals surface area contributed by atoms with E-state index in [-0.39, 0.29) is 24.5 Å². The largest absolute Gasteiger partial charge is 0.480 e. The molecule has 4 rings (SSSR count). The molecule has 7 heteroatoms. The Morgan fingerprint density at radius 2 is 1.58 bits per heavy atom. The van der Waals surface area contributed by atoms with Gasteiger partial charge in [-0.3, -0.25) is 0 Å². The molecule has 0 aliphatic heterocycles. The number of nitrogens with one attached hydrogen (secondary N) is 1. The van der Waals surface area contributed by atoms with E-state index in [0.717, 1.165) is 34.4 Å². The van der Waals surface area contributed by atoms with Gasteiger partial charge in [0.05, 0.1) is 0 Å². The predicted octanol–water partition coefficient (Wildman–Crippen LogP) is 4.50. The molecule has 0 fully saturated rings. The number of aliphatic carboxylic acids is 1. The van der Waals surface area contributed by atoms with Gasteiger partial charge >= 0.3 is 12.1 Å². The fraction of sp³-hybridized carbons (Fsp3) is 0.167. The van der Waals surface area contributed by atoms with Crippen LogP contribution in [0.25, 0.3) is 11.1 Å². The number of halogens is 2. The molecular formula is C24H19F2NO4. The van der Waals surface area contributed by atoms with Crippen molar-refractivity contribution in [3.8, 4) is 11.1 Å². The van der Waals surface area contributed by atoms with Crippen molar-refractivity contribution in [3.63, 3.8) is 0 Å². The average molecular weight is 423 g/mol. The number of hydrogen-bond acceptors (Lipinski definition) is 3. The van der Waals surface area contributed by atoms with E-state index in [0.29, 0.717) is 6.07 Å². The smallest absolute Gasteiger partial charge is 0.407 e. The van der Waals surface area contributed by atoms with Gasteiger partial charge in [0, 0.05) is 18.4 Å². The number of amides is 1. The molecule has 0 saturated carbocycles. The summed E-state index contributed by atoms with van der Waals surface area (Å²) in [4.78, 5) is 23.9. The Morgan fingerprint density at radius 1 is 0.968 bits per heavy atom. The second-order valence-corrected chi connectivity index (χ2v) is 7.30. The summed E-state index contributed by atoms with van der Waals surface area (Å²) in [5.41, 5.74) is 4.18. The first kappa shape index (κ1) is 20.5. The lowest BCUT2D eigenvalue weighted by atomic mass is 9.98. The molecule has 1 atom stereocenters. The van der Waals surface area contributed by atoms with Gasteiger partial charge in [-0.25, -0.2) is 18.4 Å². The van der Waals surface area contributed by atoms with Crippen molar-refractivity contribution in [1.82, 2.24) is 5.32 Å². The molecule has 31 heavy (non-hydrogen) atoms. The van der Waals surface area contributed by atoms with Crippen LogP contribution in [-0.2, 0) is 16.0 Å². The van der Waals surface area contributed by atoms with E-state index in [1.807, 2.05) is 48.5 Å². The van der Waals surface area contributed by atoms with Crippen LogP contribution < -0.4 is 5.32 Å². The first-order valence-corrected chi connectivity index (χ1v) is 9.72. The van der Waals surface area contributed by atoms with Crippen molar-refractivity contribution in [3.05, 3.63) is 95.1 Å². The number of alkyl carbamates (subject to hydrolysis) is 1. The van der Waals surface area contributed by atoms with Crippen molar-refractivity contribution < 1.29 is 28.2 Å². The molecule has 0 heterocycles. The van der Waals surface area contributed by atoms with Crippen molar-refractivity contribution in [1.29, 1.82) is 0 Å². The molecule has 3 aromatic carbocycles. The highest BCUT2D eigenvalue weighted by atomic mass is 19.1. The maximum atomic E-state index is 13.9. The Hall–Kier alpha value is -3.74. The number of fused-ring (bicyclic) bond motifs is 3. The Bertz CT molecular complexity index is 1100. The molecule has 0 spiro atoms. The molecule has 0 radical (unpaired) electrons. The topological polar surface area (TPSA) is 75.6 Å². The van der Waals surface area contributed by atoms with Crippen LogP contribution >= 0.6 is 0 Å². The fourth-order valence-electron chi connectivity index (χ4n) is 3.89. The highest BCUT2D eigenvalue weighted by molar-refractivity contribution is 5.81. The zero-order valence-corrected chi connectivity index (χ0v) is 16.3. The maximum absolute atomic E-state index is 13.9. The van der Waals surface area contributed by atoms with Crippen LogP contribution in [-0.4, -0.2) is 29.8 Å². The van der Waals surface area contributed by atoms with E-state index in [2.05, 4.69) is 5.32 Å². The molecule has 0 saturated heterocycles. The van der Waals surface area contributed by atoms with Crippen LogP contribution in [0.2, 0.25) is 0 Å². The summed E-state index contributed by atoms with van der Waals surface area (Å²) in [7, 11) is 0. The molecule has 1 aliphatic carbocycles. The van der Waals surface area contributed by atoms with Gasteiger partial charge in [-0.05, 0) is 33.9 Å². The van der Waals surface area contributed by atoms with E-state index in [1.165, 1.54) is 0 Å². The first-order chi connectivity index (χ1) is 14.9. The molecule has 5 nitrogen and oxygen atoms in total. The molecule has 158 valence electrons. The van der Waals surface area contributed by atoms with E-state index >= 15 is 0 Å². The second kappa shape index (κ2) is 8.55. The lowest BCUT2D eigenvalue weighted by Gasteiger charge is -2.17. The van der Waals surface area contributed by atoms with Crippen molar-refractivity contribution >= 4 is 12.1 Å². The summed E-state index contributed by atoms with van der Waals surface area (Å²) >= 11 is 0. The number of carbonyl (C=O) groups excluding carboxylic acids is 1. The van der Waals surface area contributed by atoms with E-state index in [1.54, 1.807) is 0 Å². The fourth-order valence-corrected chi connectivity index (χ4v) is 3.89. The van der Waals surface area contributed by atoms with Crippen molar-refractivity contribution in [2.75, 3.05) is 6.61 Å². The Labute approximate surface area is 177 Å². The number of carbonyl (C=O) groups is 2. The SMILES string of the molecule is O=C(N[C@H](Cc1ccc(F)cc1F)C(=O)O)OCC1c2ccccc2-c2ccccc21. The standard InChI is InChI=1S/C24H19F2NO4/c25-15-10-9-14(21(26)12-15)11-22(23(28)29)27-24(30)31-13-20-18-7-3-1-5-16(18)17-6-2-4-8-19(17)20/h1-10,12,20,22H,11,13H2,(H,27,30)(H,28,29)/t22-/m1/s1. The molecule has 1 aliphatic rings. The van der Waals surface area contributed by atoms with Crippen LogP contribution in [0, 0.1) is 11.6 Å². The number of hydrogen-bond donors (Lipinski definition) is 2. The quantitative estimate of drug-likeness (QED) is 0.612. The summed E-state index contributed by atoms with van der Waals surface area (Å²) in [5.74, 6) is -3.16. The Kier molecular flexibility index (Phi) is 5.66. The van der Waals surface area contributed by atoms with Gasteiger partial charge in [-0.1, -0.05) is 54.6 Å². The van der Waals surface area contributed by atoms with Gasteiger partial charge in [-0.2, -0.15) is 0 Å². The summed E-state index contributed by atoms with van der Waals surface area (Å²) in [6.45, 7) is 0.0249. The predicted molar refractivity (Wildman–Crippen MR) is 110 cm³/mol. The van der Waals surface area contributed by atoms with Crippen LogP contribution in [0.4, 0.5) is 13.6 Å².